The van der Waals surface area contributed by atoms with Crippen molar-refractivity contribution in [3.63, 3.8) is 0 Å². The summed E-state index contributed by atoms with van der Waals surface area (Å²) >= 11 is 0. The summed E-state index contributed by atoms with van der Waals surface area (Å²) in [6, 6.07) is 9.96. The van der Waals surface area contributed by atoms with E-state index in [1.54, 1.807) is 0 Å². The van der Waals surface area contributed by atoms with Gasteiger partial charge in [0.15, 0.2) is 0 Å². The van der Waals surface area contributed by atoms with Gasteiger partial charge in [0.2, 0.25) is 11.9 Å². The third-order valence-electron chi connectivity index (χ3n) is 3.54. The molecule has 0 bridgehead atoms. The lowest BCUT2D eigenvalue weighted by Crippen LogP contribution is -2.26. The molecule has 0 aliphatic heterocycles. The van der Waals surface area contributed by atoms with E-state index in [4.69, 9.17) is 4.74 Å². The lowest BCUT2D eigenvalue weighted by molar-refractivity contribution is -0.118. The zero-order valence-corrected chi connectivity index (χ0v) is 12.5. The van der Waals surface area contributed by atoms with Crippen molar-refractivity contribution in [3.05, 3.63) is 35.9 Å². The van der Waals surface area contributed by atoms with E-state index in [1.165, 1.54) is 7.11 Å². The van der Waals surface area contributed by atoms with Gasteiger partial charge >= 0.3 is 6.01 Å². The Kier molecular flexibility index (Phi) is 4.92. The Labute approximate surface area is 123 Å². The number of ether oxygens (including phenoxy) is 1. The highest BCUT2D eigenvalue weighted by Crippen LogP contribution is 2.28. The molecule has 0 fully saturated rings. The lowest BCUT2D eigenvalue weighted by atomic mass is 9.85. The molecule has 0 aliphatic carbocycles. The van der Waals surface area contributed by atoms with Crippen LogP contribution in [0.3, 0.4) is 0 Å². The first kappa shape index (κ1) is 15.0. The van der Waals surface area contributed by atoms with Gasteiger partial charge in [-0.1, -0.05) is 50.6 Å². The molecule has 1 heterocycles. The van der Waals surface area contributed by atoms with Gasteiger partial charge in [-0.2, -0.15) is 4.98 Å². The van der Waals surface area contributed by atoms with Crippen LogP contribution in [-0.2, 0) is 4.79 Å². The summed E-state index contributed by atoms with van der Waals surface area (Å²) in [6.45, 7) is 4.14. The largest absolute Gasteiger partial charge is 0.466 e. The summed E-state index contributed by atoms with van der Waals surface area (Å²) < 4.78 is 4.89. The van der Waals surface area contributed by atoms with Gasteiger partial charge in [0.25, 0.3) is 0 Å². The van der Waals surface area contributed by atoms with E-state index >= 15 is 0 Å². The first-order valence-electron chi connectivity index (χ1n) is 6.97. The molecule has 1 aromatic carbocycles. The molecule has 0 saturated carbocycles. The fourth-order valence-electron chi connectivity index (χ4n) is 2.22. The summed E-state index contributed by atoms with van der Waals surface area (Å²) in [5.41, 5.74) is 0.996. The number of nitrogens with one attached hydrogen (secondary N) is 2. The Morgan fingerprint density at radius 2 is 2.10 bits per heavy atom. The van der Waals surface area contributed by atoms with Gasteiger partial charge in [0.05, 0.1) is 13.0 Å². The van der Waals surface area contributed by atoms with Crippen LogP contribution in [0.15, 0.2) is 30.3 Å². The second-order valence-electron chi connectivity index (χ2n) is 4.93. The van der Waals surface area contributed by atoms with Crippen LogP contribution < -0.4 is 10.1 Å². The van der Waals surface area contributed by atoms with E-state index in [0.29, 0.717) is 5.95 Å². The van der Waals surface area contributed by atoms with Crippen molar-refractivity contribution >= 4 is 11.9 Å². The lowest BCUT2D eigenvalue weighted by Gasteiger charge is -2.22. The smallest absolute Gasteiger partial charge is 0.336 e. The molecule has 6 nitrogen and oxygen atoms in total. The zero-order valence-electron chi connectivity index (χ0n) is 12.5. The van der Waals surface area contributed by atoms with Crippen molar-refractivity contribution in [2.24, 2.45) is 5.92 Å². The second-order valence-corrected chi connectivity index (χ2v) is 4.93. The van der Waals surface area contributed by atoms with Crippen LogP contribution in [0.25, 0.3) is 0 Å². The summed E-state index contributed by atoms with van der Waals surface area (Å²) in [4.78, 5) is 16.6. The maximum absolute atomic E-state index is 12.6. The number of amides is 1. The monoisotopic (exact) mass is 288 g/mol. The number of methoxy groups -OCH3 is 1. The SMILES string of the molecule is CCC(C)C(C(=O)Nc1nc(OC)n[nH]1)c1ccccc1. The number of aromatic amines is 1. The molecule has 6 heteroatoms. The van der Waals surface area contributed by atoms with Gasteiger partial charge < -0.3 is 4.74 Å². The maximum atomic E-state index is 12.6. The molecular weight excluding hydrogens is 268 g/mol. The molecule has 0 saturated heterocycles. The molecule has 112 valence electrons. The van der Waals surface area contributed by atoms with Crippen molar-refractivity contribution < 1.29 is 9.53 Å². The Morgan fingerprint density at radius 3 is 2.67 bits per heavy atom. The number of H-pyrrole nitrogens is 1. The average Bonchev–Trinajstić information content (AvgIpc) is 2.96. The summed E-state index contributed by atoms with van der Waals surface area (Å²) in [7, 11) is 1.47. The predicted molar refractivity (Wildman–Crippen MR) is 80.2 cm³/mol. The fraction of sp³-hybridized carbons (Fsp3) is 0.400. The number of carbonyl (C=O) groups is 1. The molecule has 2 N–H and O–H groups in total. The highest BCUT2D eigenvalue weighted by atomic mass is 16.5. The van der Waals surface area contributed by atoms with Crippen molar-refractivity contribution in [1.29, 1.82) is 0 Å². The van der Waals surface area contributed by atoms with Gasteiger partial charge in [0, 0.05) is 0 Å². The van der Waals surface area contributed by atoms with Gasteiger partial charge in [-0.05, 0) is 11.5 Å². The van der Waals surface area contributed by atoms with E-state index in [0.717, 1.165) is 12.0 Å². The quantitative estimate of drug-likeness (QED) is 0.856. The molecule has 0 aliphatic rings. The van der Waals surface area contributed by atoms with Crippen LogP contribution >= 0.6 is 0 Å². The Hall–Kier alpha value is -2.37. The number of benzene rings is 1. The molecule has 2 rings (SSSR count). The second kappa shape index (κ2) is 6.88. The maximum Gasteiger partial charge on any atom is 0.336 e. The van der Waals surface area contributed by atoms with Gasteiger partial charge in [0.1, 0.15) is 0 Å². The highest BCUT2D eigenvalue weighted by molar-refractivity contribution is 5.94. The molecule has 0 radical (unpaired) electrons. The third-order valence-corrected chi connectivity index (χ3v) is 3.54. The third kappa shape index (κ3) is 3.59. The average molecular weight is 288 g/mol. The number of nitrogens with zero attached hydrogens (tertiary/aromatic N) is 2. The number of rotatable bonds is 6. The molecule has 2 atom stereocenters. The van der Waals surface area contributed by atoms with Crippen LogP contribution in [-0.4, -0.2) is 28.2 Å². The van der Waals surface area contributed by atoms with E-state index in [1.807, 2.05) is 30.3 Å². The van der Waals surface area contributed by atoms with E-state index in [9.17, 15) is 4.79 Å². The molecule has 21 heavy (non-hydrogen) atoms. The number of hydrogen-bond acceptors (Lipinski definition) is 4. The molecule has 1 amide bonds. The number of aromatic nitrogens is 3. The molecular formula is C15H20N4O2. The van der Waals surface area contributed by atoms with Gasteiger partial charge in [-0.15, -0.1) is 5.10 Å². The summed E-state index contributed by atoms with van der Waals surface area (Å²) in [6.07, 6.45) is 0.909. The normalized spacial score (nSPS) is 13.5. The molecule has 0 spiro atoms. The summed E-state index contributed by atoms with van der Waals surface area (Å²) in [5, 5.41) is 9.21. The first-order valence-corrected chi connectivity index (χ1v) is 6.97. The minimum atomic E-state index is -0.229. The minimum absolute atomic E-state index is 0.102. The zero-order chi connectivity index (χ0) is 15.2. The molecule has 2 aromatic rings. The summed E-state index contributed by atoms with van der Waals surface area (Å²) in [5.74, 6) is 0.181. The van der Waals surface area contributed by atoms with Crippen molar-refractivity contribution in [2.45, 2.75) is 26.2 Å². The van der Waals surface area contributed by atoms with Gasteiger partial charge in [-0.3, -0.25) is 10.1 Å². The van der Waals surface area contributed by atoms with E-state index < -0.39 is 0 Å². The highest BCUT2D eigenvalue weighted by Gasteiger charge is 2.26. The van der Waals surface area contributed by atoms with E-state index in [-0.39, 0.29) is 23.8 Å². The van der Waals surface area contributed by atoms with Crippen LogP contribution in [0.2, 0.25) is 0 Å². The number of hydrogen-bond donors (Lipinski definition) is 2. The first-order chi connectivity index (χ1) is 10.2. The topological polar surface area (TPSA) is 79.9 Å². The van der Waals surface area contributed by atoms with Crippen molar-refractivity contribution in [2.75, 3.05) is 12.4 Å². The Morgan fingerprint density at radius 1 is 1.38 bits per heavy atom. The fourth-order valence-corrected chi connectivity index (χ4v) is 2.22. The number of carbonyl (C=O) groups excluding carboxylic acids is 1. The van der Waals surface area contributed by atoms with Crippen LogP contribution in [0.4, 0.5) is 5.95 Å². The Bertz CT molecular complexity index is 582. The van der Waals surface area contributed by atoms with Crippen LogP contribution in [0, 0.1) is 5.92 Å². The van der Waals surface area contributed by atoms with Crippen molar-refractivity contribution in [3.8, 4) is 6.01 Å². The molecule has 2 unspecified atom stereocenters. The molecule has 1 aromatic heterocycles. The van der Waals surface area contributed by atoms with Gasteiger partial charge in [-0.25, -0.2) is 5.10 Å². The van der Waals surface area contributed by atoms with Crippen LogP contribution in [0.1, 0.15) is 31.7 Å². The van der Waals surface area contributed by atoms with Crippen molar-refractivity contribution in [1.82, 2.24) is 15.2 Å². The van der Waals surface area contributed by atoms with E-state index in [2.05, 4.69) is 34.3 Å². The minimum Gasteiger partial charge on any atom is -0.466 e. The Balaban J connectivity index is 2.18. The number of anilines is 1. The van der Waals surface area contributed by atoms with Crippen LogP contribution in [0.5, 0.6) is 6.01 Å². The predicted octanol–water partition coefficient (Wildman–Crippen LogP) is 2.58. The standard InChI is InChI=1S/C15H20N4O2/c1-4-10(2)12(11-8-6-5-7-9-11)13(20)16-14-17-15(21-3)19-18-14/h5-10,12H,4H2,1-3H3,(H2,16,17,18,19,20).